The highest BCUT2D eigenvalue weighted by Crippen LogP contribution is 2.24. The lowest BCUT2D eigenvalue weighted by Gasteiger charge is -2.21. The van der Waals surface area contributed by atoms with E-state index in [1.807, 2.05) is 19.3 Å². The first-order valence-corrected chi connectivity index (χ1v) is 6.25. The van der Waals surface area contributed by atoms with Crippen molar-refractivity contribution in [2.24, 2.45) is 12.5 Å². The molecular formula is C13H21N3O3. The van der Waals surface area contributed by atoms with Crippen molar-refractivity contribution in [3.8, 4) is 0 Å². The molecule has 0 fully saturated rings. The Kier molecular flexibility index (Phi) is 5.09. The van der Waals surface area contributed by atoms with Crippen LogP contribution < -0.4 is 5.32 Å². The molecule has 1 aromatic rings. The van der Waals surface area contributed by atoms with Crippen LogP contribution in [0, 0.1) is 5.41 Å². The monoisotopic (exact) mass is 267 g/mol. The maximum atomic E-state index is 11.7. The summed E-state index contributed by atoms with van der Waals surface area (Å²) >= 11 is 0. The fourth-order valence-electron chi connectivity index (χ4n) is 1.90. The highest BCUT2D eigenvalue weighted by Gasteiger charge is 2.24. The van der Waals surface area contributed by atoms with Gasteiger partial charge in [-0.2, -0.15) is 5.10 Å². The number of carbonyl (C=O) groups is 2. The number of amides is 1. The second-order valence-electron chi connectivity index (χ2n) is 5.49. The van der Waals surface area contributed by atoms with Gasteiger partial charge in [0.1, 0.15) is 0 Å². The number of nitrogens with one attached hydrogen (secondary N) is 1. The van der Waals surface area contributed by atoms with Crippen LogP contribution in [-0.4, -0.2) is 33.3 Å². The molecule has 6 heteroatoms. The minimum absolute atomic E-state index is 0.0132. The molecule has 1 heterocycles. The van der Waals surface area contributed by atoms with Gasteiger partial charge in [0.25, 0.3) is 0 Å². The number of nitrogens with zero attached hydrogens (tertiary/aromatic N) is 2. The lowest BCUT2D eigenvalue weighted by atomic mass is 9.85. The van der Waals surface area contributed by atoms with Gasteiger partial charge in [-0.3, -0.25) is 14.3 Å². The summed E-state index contributed by atoms with van der Waals surface area (Å²) in [6.07, 6.45) is 2.72. The third-order valence-electron chi connectivity index (χ3n) is 2.74. The highest BCUT2D eigenvalue weighted by atomic mass is 16.4. The van der Waals surface area contributed by atoms with Crippen molar-refractivity contribution >= 4 is 11.9 Å². The zero-order valence-corrected chi connectivity index (χ0v) is 11.6. The molecule has 0 saturated carbocycles. The van der Waals surface area contributed by atoms with Crippen molar-refractivity contribution in [2.75, 3.05) is 6.54 Å². The van der Waals surface area contributed by atoms with Crippen LogP contribution in [0.25, 0.3) is 0 Å². The maximum Gasteiger partial charge on any atom is 0.303 e. The summed E-state index contributed by atoms with van der Waals surface area (Å²) in [7, 11) is 1.84. The molecule has 0 aromatic carbocycles. The van der Waals surface area contributed by atoms with Gasteiger partial charge in [-0.25, -0.2) is 0 Å². The van der Waals surface area contributed by atoms with E-state index < -0.39 is 11.4 Å². The number of rotatable bonds is 7. The molecule has 19 heavy (non-hydrogen) atoms. The normalized spacial score (nSPS) is 11.3. The van der Waals surface area contributed by atoms with Crippen molar-refractivity contribution in [3.63, 3.8) is 0 Å². The van der Waals surface area contributed by atoms with Gasteiger partial charge < -0.3 is 10.4 Å². The van der Waals surface area contributed by atoms with E-state index in [0.717, 1.165) is 5.69 Å². The molecule has 0 aliphatic heterocycles. The Labute approximate surface area is 112 Å². The Hall–Kier alpha value is -1.85. The molecule has 1 rings (SSSR count). The molecule has 0 radical (unpaired) electrons. The fraction of sp³-hybridized carbons (Fsp3) is 0.615. The Balaban J connectivity index is 2.29. The predicted molar refractivity (Wildman–Crippen MR) is 70.6 cm³/mol. The van der Waals surface area contributed by atoms with Crippen LogP contribution in [0.5, 0.6) is 0 Å². The van der Waals surface area contributed by atoms with Crippen molar-refractivity contribution < 1.29 is 14.7 Å². The SMILES string of the molecule is Cn1ccc(CCNC(=O)CC(C)(C)CC(=O)O)n1. The molecule has 2 N–H and O–H groups in total. The third kappa shape index (κ3) is 6.03. The van der Waals surface area contributed by atoms with Gasteiger partial charge in [-0.15, -0.1) is 0 Å². The van der Waals surface area contributed by atoms with Crippen LogP contribution in [-0.2, 0) is 23.1 Å². The van der Waals surface area contributed by atoms with Gasteiger partial charge in [-0.1, -0.05) is 13.8 Å². The smallest absolute Gasteiger partial charge is 0.303 e. The molecule has 0 saturated heterocycles. The molecule has 0 aliphatic rings. The summed E-state index contributed by atoms with van der Waals surface area (Å²) < 4.78 is 1.72. The predicted octanol–water partition coefficient (Wildman–Crippen LogP) is 0.970. The van der Waals surface area contributed by atoms with E-state index in [9.17, 15) is 9.59 Å². The number of aryl methyl sites for hydroxylation is 1. The van der Waals surface area contributed by atoms with Crippen LogP contribution in [0.4, 0.5) is 0 Å². The Morgan fingerprint density at radius 1 is 1.42 bits per heavy atom. The first-order valence-electron chi connectivity index (χ1n) is 6.25. The standard InChI is InChI=1S/C13H21N3O3/c1-13(2,9-12(18)19)8-11(17)14-6-4-10-5-7-16(3)15-10/h5,7H,4,6,8-9H2,1-3H3,(H,14,17)(H,18,19). The number of aliphatic carboxylic acids is 1. The van der Waals surface area contributed by atoms with E-state index in [4.69, 9.17) is 5.11 Å². The largest absolute Gasteiger partial charge is 0.481 e. The summed E-state index contributed by atoms with van der Waals surface area (Å²) in [6.45, 7) is 4.07. The molecule has 0 aliphatic carbocycles. The zero-order valence-electron chi connectivity index (χ0n) is 11.6. The van der Waals surface area contributed by atoms with Crippen LogP contribution in [0.3, 0.4) is 0 Å². The molecule has 0 unspecified atom stereocenters. The first-order chi connectivity index (χ1) is 8.78. The van der Waals surface area contributed by atoms with E-state index in [1.54, 1.807) is 18.5 Å². The van der Waals surface area contributed by atoms with Crippen LogP contribution in [0.1, 0.15) is 32.4 Å². The number of carboxylic acids is 1. The number of carbonyl (C=O) groups excluding carboxylic acids is 1. The molecule has 0 atom stereocenters. The summed E-state index contributed by atoms with van der Waals surface area (Å²) in [4.78, 5) is 22.4. The van der Waals surface area contributed by atoms with Crippen LogP contribution in [0.2, 0.25) is 0 Å². The topological polar surface area (TPSA) is 84.2 Å². The van der Waals surface area contributed by atoms with Crippen molar-refractivity contribution in [1.82, 2.24) is 15.1 Å². The molecule has 1 amide bonds. The lowest BCUT2D eigenvalue weighted by molar-refractivity contribution is -0.139. The van der Waals surface area contributed by atoms with Gasteiger partial charge in [0.05, 0.1) is 12.1 Å². The second-order valence-corrected chi connectivity index (χ2v) is 5.49. The minimum Gasteiger partial charge on any atom is -0.481 e. The maximum absolute atomic E-state index is 11.7. The molecule has 0 spiro atoms. The van der Waals surface area contributed by atoms with Gasteiger partial charge in [0, 0.05) is 32.6 Å². The van der Waals surface area contributed by atoms with Crippen LogP contribution >= 0.6 is 0 Å². The molecule has 106 valence electrons. The number of carboxylic acid groups (broad SMARTS) is 1. The van der Waals surface area contributed by atoms with Gasteiger partial charge >= 0.3 is 5.97 Å². The number of hydrogen-bond donors (Lipinski definition) is 2. The van der Waals surface area contributed by atoms with Gasteiger partial charge in [-0.05, 0) is 11.5 Å². The summed E-state index contributed by atoms with van der Waals surface area (Å²) in [5.41, 5.74) is 0.397. The van der Waals surface area contributed by atoms with E-state index in [0.29, 0.717) is 13.0 Å². The first kappa shape index (κ1) is 15.2. The number of hydrogen-bond acceptors (Lipinski definition) is 3. The van der Waals surface area contributed by atoms with Gasteiger partial charge in [0.15, 0.2) is 0 Å². The molecule has 0 bridgehead atoms. The average Bonchev–Trinajstić information content (AvgIpc) is 2.61. The Morgan fingerprint density at radius 2 is 2.11 bits per heavy atom. The lowest BCUT2D eigenvalue weighted by Crippen LogP contribution is -2.31. The number of aromatic nitrogens is 2. The molecule has 1 aromatic heterocycles. The van der Waals surface area contributed by atoms with Crippen molar-refractivity contribution in [2.45, 2.75) is 33.1 Å². The van der Waals surface area contributed by atoms with E-state index >= 15 is 0 Å². The zero-order chi connectivity index (χ0) is 14.5. The molecular weight excluding hydrogens is 246 g/mol. The van der Waals surface area contributed by atoms with Crippen LogP contribution in [0.15, 0.2) is 12.3 Å². The molecule has 6 nitrogen and oxygen atoms in total. The van der Waals surface area contributed by atoms with Crippen molar-refractivity contribution in [1.29, 1.82) is 0 Å². The third-order valence-corrected chi connectivity index (χ3v) is 2.74. The second kappa shape index (κ2) is 6.36. The average molecular weight is 267 g/mol. The summed E-state index contributed by atoms with van der Waals surface area (Å²) in [6, 6.07) is 1.90. The van der Waals surface area contributed by atoms with E-state index in [1.165, 1.54) is 0 Å². The Bertz CT molecular complexity index is 452. The van der Waals surface area contributed by atoms with Crippen molar-refractivity contribution in [3.05, 3.63) is 18.0 Å². The van der Waals surface area contributed by atoms with E-state index in [2.05, 4.69) is 10.4 Å². The summed E-state index contributed by atoms with van der Waals surface area (Å²) in [5, 5.41) is 15.7. The summed E-state index contributed by atoms with van der Waals surface area (Å²) in [5.74, 6) is -1.01. The Morgan fingerprint density at radius 3 is 2.63 bits per heavy atom. The quantitative estimate of drug-likeness (QED) is 0.771. The fourth-order valence-corrected chi connectivity index (χ4v) is 1.90. The highest BCUT2D eigenvalue weighted by molar-refractivity contribution is 5.77. The van der Waals surface area contributed by atoms with E-state index in [-0.39, 0.29) is 18.7 Å². The van der Waals surface area contributed by atoms with Gasteiger partial charge in [0.2, 0.25) is 5.91 Å². The minimum atomic E-state index is -0.883.